The third-order valence-electron chi connectivity index (χ3n) is 4.14. The van der Waals surface area contributed by atoms with Crippen molar-refractivity contribution in [2.75, 3.05) is 6.54 Å². The van der Waals surface area contributed by atoms with Crippen LogP contribution in [0.4, 0.5) is 0 Å². The van der Waals surface area contributed by atoms with Crippen LogP contribution in [0.15, 0.2) is 53.1 Å². The molecule has 1 aromatic carbocycles. The second kappa shape index (κ2) is 6.21. The summed E-state index contributed by atoms with van der Waals surface area (Å²) in [6.07, 6.45) is 2.33. The predicted molar refractivity (Wildman–Crippen MR) is 89.3 cm³/mol. The number of carbonyl (C=O) groups excluding carboxylic acids is 1. The van der Waals surface area contributed by atoms with Gasteiger partial charge in [0, 0.05) is 24.7 Å². The summed E-state index contributed by atoms with van der Waals surface area (Å²) < 4.78 is 5.83. The van der Waals surface area contributed by atoms with Gasteiger partial charge in [-0.1, -0.05) is 12.1 Å². The molecule has 6 heteroatoms. The van der Waals surface area contributed by atoms with E-state index < -0.39 is 0 Å². The van der Waals surface area contributed by atoms with Crippen molar-refractivity contribution in [3.8, 4) is 17.7 Å². The predicted octanol–water partition coefficient (Wildman–Crippen LogP) is 2.81. The highest BCUT2D eigenvalue weighted by Gasteiger charge is 2.26. The second-order valence-electron chi connectivity index (χ2n) is 5.77. The van der Waals surface area contributed by atoms with E-state index >= 15 is 0 Å². The molecule has 25 heavy (non-hydrogen) atoms. The Morgan fingerprint density at radius 1 is 1.24 bits per heavy atom. The fraction of sp³-hybridized carbons (Fsp3) is 0.158. The van der Waals surface area contributed by atoms with Gasteiger partial charge in [-0.15, -0.1) is 0 Å². The summed E-state index contributed by atoms with van der Waals surface area (Å²) in [5.74, 6) is 1.06. The molecule has 3 heterocycles. The number of pyridine rings is 1. The maximum Gasteiger partial charge on any atom is 0.254 e. The smallest absolute Gasteiger partial charge is 0.254 e. The summed E-state index contributed by atoms with van der Waals surface area (Å²) in [6, 6.07) is 14.3. The average Bonchev–Trinajstić information content (AvgIpc) is 3.11. The molecule has 4 rings (SSSR count). The lowest BCUT2D eigenvalue weighted by Gasteiger charge is -2.25. The van der Waals surface area contributed by atoms with Gasteiger partial charge >= 0.3 is 0 Å². The lowest BCUT2D eigenvalue weighted by atomic mass is 10.1. The van der Waals surface area contributed by atoms with Crippen molar-refractivity contribution >= 4 is 5.91 Å². The van der Waals surface area contributed by atoms with E-state index in [1.54, 1.807) is 35.4 Å². The molecule has 0 unspecified atom stereocenters. The number of nitrogens with zero attached hydrogens (tertiary/aromatic N) is 4. The first-order chi connectivity index (χ1) is 12.2. The van der Waals surface area contributed by atoms with E-state index in [4.69, 9.17) is 9.68 Å². The summed E-state index contributed by atoms with van der Waals surface area (Å²) in [6.45, 7) is 0.932. The van der Waals surface area contributed by atoms with Gasteiger partial charge in [-0.25, -0.2) is 4.98 Å². The number of fused-ring (bicyclic) bond motifs is 1. The molecule has 0 saturated carbocycles. The van der Waals surface area contributed by atoms with Gasteiger partial charge in [0.05, 0.1) is 23.9 Å². The molecule has 0 fully saturated rings. The molecule has 0 spiro atoms. The van der Waals surface area contributed by atoms with Crippen LogP contribution in [-0.4, -0.2) is 27.3 Å². The highest BCUT2D eigenvalue weighted by molar-refractivity contribution is 5.94. The lowest BCUT2D eigenvalue weighted by molar-refractivity contribution is 0.0720. The Bertz CT molecular complexity index is 973. The Balaban J connectivity index is 1.58. The quantitative estimate of drug-likeness (QED) is 0.721. The molecule has 0 aliphatic carbocycles. The molecule has 0 bridgehead atoms. The number of amides is 1. The molecular weight excluding hydrogens is 316 g/mol. The molecule has 0 atom stereocenters. The van der Waals surface area contributed by atoms with Gasteiger partial charge in [-0.2, -0.15) is 5.26 Å². The molecule has 1 aliphatic rings. The van der Waals surface area contributed by atoms with E-state index in [0.29, 0.717) is 48.0 Å². The van der Waals surface area contributed by atoms with Gasteiger partial charge in [0.25, 0.3) is 5.91 Å². The first-order valence-electron chi connectivity index (χ1n) is 7.94. The standard InChI is InChI=1S/C19H14N4O2/c20-11-13-4-3-5-14(10-13)19(24)23-9-7-15-17(12-23)25-18(22-15)16-6-1-2-8-21-16/h1-6,8,10H,7,9,12H2. The Morgan fingerprint density at radius 3 is 2.96 bits per heavy atom. The van der Waals surface area contributed by atoms with Gasteiger partial charge < -0.3 is 9.32 Å². The van der Waals surface area contributed by atoms with Gasteiger partial charge in [0.15, 0.2) is 0 Å². The largest absolute Gasteiger partial charge is 0.438 e. The van der Waals surface area contributed by atoms with Gasteiger partial charge in [-0.3, -0.25) is 9.78 Å². The summed E-state index contributed by atoms with van der Waals surface area (Å²) >= 11 is 0. The summed E-state index contributed by atoms with van der Waals surface area (Å²) in [7, 11) is 0. The molecule has 122 valence electrons. The molecule has 2 aromatic heterocycles. The van der Waals surface area contributed by atoms with Crippen LogP contribution in [0.5, 0.6) is 0 Å². The van der Waals surface area contributed by atoms with Crippen LogP contribution in [-0.2, 0) is 13.0 Å². The summed E-state index contributed by atoms with van der Waals surface area (Å²) in [4.78, 5) is 23.2. The lowest BCUT2D eigenvalue weighted by Crippen LogP contribution is -2.35. The first kappa shape index (κ1) is 15.1. The van der Waals surface area contributed by atoms with Crippen LogP contribution in [0.25, 0.3) is 11.6 Å². The van der Waals surface area contributed by atoms with Crippen LogP contribution in [0.1, 0.15) is 27.4 Å². The average molecular weight is 330 g/mol. The minimum Gasteiger partial charge on any atom is -0.438 e. The molecule has 0 radical (unpaired) electrons. The number of rotatable bonds is 2. The van der Waals surface area contributed by atoms with Crippen LogP contribution >= 0.6 is 0 Å². The van der Waals surface area contributed by atoms with Crippen LogP contribution in [0.3, 0.4) is 0 Å². The first-order valence-corrected chi connectivity index (χ1v) is 7.94. The number of nitriles is 1. The van der Waals surface area contributed by atoms with Crippen LogP contribution in [0, 0.1) is 11.3 Å². The number of aromatic nitrogens is 2. The fourth-order valence-electron chi connectivity index (χ4n) is 2.87. The molecule has 1 amide bonds. The van der Waals surface area contributed by atoms with Crippen molar-refractivity contribution in [2.24, 2.45) is 0 Å². The maximum absolute atomic E-state index is 12.7. The normalized spacial score (nSPS) is 13.2. The maximum atomic E-state index is 12.7. The summed E-state index contributed by atoms with van der Waals surface area (Å²) in [5.41, 5.74) is 2.53. The van der Waals surface area contributed by atoms with Crippen molar-refractivity contribution in [3.05, 3.63) is 71.2 Å². The Hall–Kier alpha value is -3.46. The zero-order valence-corrected chi connectivity index (χ0v) is 13.3. The van der Waals surface area contributed by atoms with Crippen molar-refractivity contribution < 1.29 is 9.21 Å². The van der Waals surface area contributed by atoms with Crippen LogP contribution in [0.2, 0.25) is 0 Å². The minimum atomic E-state index is -0.112. The number of benzene rings is 1. The topological polar surface area (TPSA) is 83.0 Å². The van der Waals surface area contributed by atoms with E-state index in [1.165, 1.54) is 0 Å². The minimum absolute atomic E-state index is 0.112. The third-order valence-corrected chi connectivity index (χ3v) is 4.14. The number of carbonyl (C=O) groups is 1. The molecule has 0 saturated heterocycles. The zero-order chi connectivity index (χ0) is 17.2. The monoisotopic (exact) mass is 330 g/mol. The third kappa shape index (κ3) is 2.88. The van der Waals surface area contributed by atoms with E-state index in [-0.39, 0.29) is 5.91 Å². The van der Waals surface area contributed by atoms with E-state index in [2.05, 4.69) is 16.0 Å². The van der Waals surface area contributed by atoms with Crippen molar-refractivity contribution in [1.29, 1.82) is 5.26 Å². The van der Waals surface area contributed by atoms with Gasteiger partial charge in [0.2, 0.25) is 5.89 Å². The van der Waals surface area contributed by atoms with E-state index in [0.717, 1.165) is 5.69 Å². The molecule has 6 nitrogen and oxygen atoms in total. The van der Waals surface area contributed by atoms with Crippen molar-refractivity contribution in [1.82, 2.24) is 14.9 Å². The van der Waals surface area contributed by atoms with E-state index in [9.17, 15) is 4.79 Å². The summed E-state index contributed by atoms with van der Waals surface area (Å²) in [5, 5.41) is 8.99. The highest BCUT2D eigenvalue weighted by atomic mass is 16.4. The van der Waals surface area contributed by atoms with Crippen molar-refractivity contribution in [3.63, 3.8) is 0 Å². The fourth-order valence-corrected chi connectivity index (χ4v) is 2.87. The SMILES string of the molecule is N#Cc1cccc(C(=O)N2CCc3nc(-c4ccccn4)oc3C2)c1. The zero-order valence-electron chi connectivity index (χ0n) is 13.3. The molecule has 1 aliphatic heterocycles. The van der Waals surface area contributed by atoms with Crippen LogP contribution < -0.4 is 0 Å². The second-order valence-corrected chi connectivity index (χ2v) is 5.77. The number of hydrogen-bond acceptors (Lipinski definition) is 5. The molecular formula is C19H14N4O2. The van der Waals surface area contributed by atoms with Gasteiger partial charge in [0.1, 0.15) is 11.5 Å². The molecule has 3 aromatic rings. The Labute approximate surface area is 144 Å². The Morgan fingerprint density at radius 2 is 2.16 bits per heavy atom. The van der Waals surface area contributed by atoms with E-state index in [1.807, 2.05) is 18.2 Å². The number of oxazole rings is 1. The Kier molecular flexibility index (Phi) is 3.75. The van der Waals surface area contributed by atoms with Gasteiger partial charge in [-0.05, 0) is 30.3 Å². The highest BCUT2D eigenvalue weighted by Crippen LogP contribution is 2.25. The molecule has 0 N–H and O–H groups in total. The van der Waals surface area contributed by atoms with Crippen molar-refractivity contribution in [2.45, 2.75) is 13.0 Å². The number of hydrogen-bond donors (Lipinski definition) is 0.